The third kappa shape index (κ3) is 3.39. The van der Waals surface area contributed by atoms with Gasteiger partial charge in [0.2, 0.25) is 0 Å². The molecule has 3 aliphatic heterocycles. The van der Waals surface area contributed by atoms with Crippen molar-refractivity contribution in [2.75, 3.05) is 32.8 Å². The standard InChI is InChI=1S/C20H23F3N4O4S/c21-20(22,23)32(24,30)15-3-1-13(2-4-15)5-14-6-18(7-14)8-26(9-18)17(29)27-10-19(11-27)12-31-16(28)25-19/h1-4,14,24H,5-12H2,(H,25,28)/t32-/m0/s1. The molecule has 2 spiro atoms. The molecule has 3 saturated heterocycles. The van der Waals surface area contributed by atoms with Crippen LogP contribution in [-0.4, -0.2) is 70.0 Å². The number of hydrogen-bond donors (Lipinski definition) is 2. The maximum absolute atomic E-state index is 12.8. The number of alkyl halides is 3. The number of carbonyl (C=O) groups is 2. The second kappa shape index (κ2) is 6.75. The predicted octanol–water partition coefficient (Wildman–Crippen LogP) is 2.78. The van der Waals surface area contributed by atoms with Crippen molar-refractivity contribution in [3.63, 3.8) is 0 Å². The van der Waals surface area contributed by atoms with Crippen LogP contribution in [0.5, 0.6) is 0 Å². The third-order valence-electron chi connectivity index (χ3n) is 6.98. The van der Waals surface area contributed by atoms with Gasteiger partial charge in [-0.2, -0.15) is 13.2 Å². The summed E-state index contributed by atoms with van der Waals surface area (Å²) in [4.78, 5) is 26.8. The first-order valence-electron chi connectivity index (χ1n) is 10.3. The Kier molecular flexibility index (Phi) is 4.50. The molecule has 1 aromatic rings. The molecule has 1 atom stereocenters. The molecular formula is C20H23F3N4O4S. The average Bonchev–Trinajstić information content (AvgIpc) is 3.02. The van der Waals surface area contributed by atoms with E-state index < -0.39 is 31.8 Å². The highest BCUT2D eigenvalue weighted by molar-refractivity contribution is 7.93. The summed E-state index contributed by atoms with van der Waals surface area (Å²) in [6.07, 6.45) is 2.16. The van der Waals surface area contributed by atoms with E-state index in [2.05, 4.69) is 5.32 Å². The summed E-state index contributed by atoms with van der Waals surface area (Å²) in [6.45, 7) is 2.59. The van der Waals surface area contributed by atoms with E-state index in [0.717, 1.165) is 30.5 Å². The molecule has 1 saturated carbocycles. The lowest BCUT2D eigenvalue weighted by atomic mass is 9.56. The molecular weight excluding hydrogens is 449 g/mol. The number of benzene rings is 1. The van der Waals surface area contributed by atoms with Crippen molar-refractivity contribution in [2.24, 2.45) is 11.3 Å². The van der Waals surface area contributed by atoms with Gasteiger partial charge in [0, 0.05) is 18.5 Å². The van der Waals surface area contributed by atoms with Crippen LogP contribution in [0.3, 0.4) is 0 Å². The smallest absolute Gasteiger partial charge is 0.447 e. The number of nitrogens with one attached hydrogen (secondary N) is 2. The predicted molar refractivity (Wildman–Crippen MR) is 106 cm³/mol. The second-order valence-electron chi connectivity index (χ2n) is 9.60. The Balaban J connectivity index is 1.08. The van der Waals surface area contributed by atoms with Gasteiger partial charge in [-0.1, -0.05) is 12.1 Å². The maximum Gasteiger partial charge on any atom is 0.483 e. The van der Waals surface area contributed by atoms with Crippen LogP contribution in [0.15, 0.2) is 29.2 Å². The number of nitrogens with zero attached hydrogens (tertiary/aromatic N) is 2. The van der Waals surface area contributed by atoms with E-state index in [0.29, 0.717) is 38.5 Å². The van der Waals surface area contributed by atoms with Crippen molar-refractivity contribution in [1.82, 2.24) is 15.1 Å². The van der Waals surface area contributed by atoms with Crippen molar-refractivity contribution in [3.8, 4) is 0 Å². The molecule has 3 amide bonds. The van der Waals surface area contributed by atoms with Crippen LogP contribution >= 0.6 is 0 Å². The van der Waals surface area contributed by atoms with Crippen LogP contribution in [-0.2, 0) is 20.9 Å². The van der Waals surface area contributed by atoms with Gasteiger partial charge in [0.15, 0.2) is 9.73 Å². The molecule has 174 valence electrons. The van der Waals surface area contributed by atoms with Crippen molar-refractivity contribution in [1.29, 1.82) is 4.78 Å². The Morgan fingerprint density at radius 2 is 1.75 bits per heavy atom. The summed E-state index contributed by atoms with van der Waals surface area (Å²) >= 11 is 0. The van der Waals surface area contributed by atoms with Crippen LogP contribution in [0.1, 0.15) is 18.4 Å². The van der Waals surface area contributed by atoms with E-state index in [1.807, 2.05) is 4.90 Å². The average molecular weight is 472 g/mol. The number of carbonyl (C=O) groups excluding carboxylic acids is 2. The van der Waals surface area contributed by atoms with Crippen LogP contribution in [0.2, 0.25) is 0 Å². The third-order valence-corrected chi connectivity index (χ3v) is 8.56. The second-order valence-corrected chi connectivity index (χ2v) is 11.6. The van der Waals surface area contributed by atoms with Crippen molar-refractivity contribution < 1.29 is 31.7 Å². The largest absolute Gasteiger partial charge is 0.483 e. The summed E-state index contributed by atoms with van der Waals surface area (Å²) in [6, 6.07) is 5.27. The van der Waals surface area contributed by atoms with Crippen molar-refractivity contribution in [3.05, 3.63) is 29.8 Å². The Morgan fingerprint density at radius 3 is 2.28 bits per heavy atom. The van der Waals surface area contributed by atoms with Gasteiger partial charge >= 0.3 is 17.6 Å². The van der Waals surface area contributed by atoms with Gasteiger partial charge in [-0.05, 0) is 42.9 Å². The lowest BCUT2D eigenvalue weighted by molar-refractivity contribution is -0.0827. The molecule has 1 aromatic carbocycles. The topological polar surface area (TPSA) is 103 Å². The zero-order valence-electron chi connectivity index (χ0n) is 17.1. The maximum atomic E-state index is 12.8. The first-order chi connectivity index (χ1) is 14.9. The number of cyclic esters (lactones) is 1. The van der Waals surface area contributed by atoms with Gasteiger partial charge < -0.3 is 19.9 Å². The summed E-state index contributed by atoms with van der Waals surface area (Å²) in [7, 11) is -4.82. The summed E-state index contributed by atoms with van der Waals surface area (Å²) in [5.41, 5.74) is -4.54. The number of hydrogen-bond acceptors (Lipinski definition) is 5. The normalized spacial score (nSPS) is 25.4. The molecule has 1 aliphatic carbocycles. The van der Waals surface area contributed by atoms with Crippen LogP contribution in [0.25, 0.3) is 0 Å². The zero-order valence-corrected chi connectivity index (χ0v) is 17.9. The number of amides is 3. The quantitative estimate of drug-likeness (QED) is 0.706. The van der Waals surface area contributed by atoms with Crippen LogP contribution < -0.4 is 5.32 Å². The Morgan fingerprint density at radius 1 is 1.16 bits per heavy atom. The highest BCUT2D eigenvalue weighted by atomic mass is 32.2. The molecule has 2 N–H and O–H groups in total. The van der Waals surface area contributed by atoms with Gasteiger partial charge in [-0.15, -0.1) is 0 Å². The number of rotatable bonds is 3. The van der Waals surface area contributed by atoms with E-state index in [9.17, 15) is 27.0 Å². The van der Waals surface area contributed by atoms with Crippen LogP contribution in [0, 0.1) is 16.1 Å². The Labute approximate surface area is 183 Å². The Hall–Kier alpha value is -2.50. The van der Waals surface area contributed by atoms with Gasteiger partial charge in [0.05, 0.1) is 18.0 Å². The number of halogens is 3. The highest BCUT2D eigenvalue weighted by Crippen LogP contribution is 2.53. The molecule has 4 fully saturated rings. The molecule has 0 unspecified atom stereocenters. The van der Waals surface area contributed by atoms with E-state index >= 15 is 0 Å². The van der Waals surface area contributed by atoms with E-state index in [1.165, 1.54) is 12.1 Å². The van der Waals surface area contributed by atoms with Crippen molar-refractivity contribution >= 4 is 21.9 Å². The Bertz CT molecular complexity index is 1050. The van der Waals surface area contributed by atoms with Gasteiger partial charge in [0.25, 0.3) is 0 Å². The molecule has 8 nitrogen and oxygen atoms in total. The first-order valence-corrected chi connectivity index (χ1v) is 11.9. The van der Waals surface area contributed by atoms with E-state index in [1.54, 1.807) is 4.90 Å². The first kappa shape index (κ1) is 21.4. The fraction of sp³-hybridized carbons (Fsp3) is 0.600. The minimum absolute atomic E-state index is 0.0231. The number of alkyl carbamates (subject to hydrolysis) is 1. The molecule has 0 bridgehead atoms. The van der Waals surface area contributed by atoms with Gasteiger partial charge in [0.1, 0.15) is 12.1 Å². The molecule has 32 heavy (non-hydrogen) atoms. The van der Waals surface area contributed by atoms with Crippen LogP contribution in [0.4, 0.5) is 22.8 Å². The van der Waals surface area contributed by atoms with Gasteiger partial charge in [-0.3, -0.25) is 0 Å². The minimum Gasteiger partial charge on any atom is -0.447 e. The number of likely N-dealkylation sites (tertiary alicyclic amines) is 2. The van der Waals surface area contributed by atoms with E-state index in [-0.39, 0.29) is 18.1 Å². The summed E-state index contributed by atoms with van der Waals surface area (Å²) in [5, 5.41) is 2.76. The zero-order chi connectivity index (χ0) is 22.9. The fourth-order valence-electron chi connectivity index (χ4n) is 5.43. The van der Waals surface area contributed by atoms with Crippen molar-refractivity contribution in [2.45, 2.75) is 35.2 Å². The minimum atomic E-state index is -5.09. The monoisotopic (exact) mass is 472 g/mol. The summed E-state index contributed by atoms with van der Waals surface area (Å²) < 4.78 is 62.1. The molecule has 0 radical (unpaired) electrons. The lowest BCUT2D eigenvalue weighted by Crippen LogP contribution is -2.74. The number of ether oxygens (including phenoxy) is 1. The molecule has 12 heteroatoms. The SMILES string of the molecule is N=[S@](=O)(c1ccc(CC2CC3(C2)CN(C(=O)N2CC4(COC(=O)N4)C2)C3)cc1)C(F)(F)F. The lowest BCUT2D eigenvalue weighted by Gasteiger charge is -2.61. The molecule has 3 heterocycles. The number of urea groups is 1. The molecule has 4 aliphatic rings. The van der Waals surface area contributed by atoms with Gasteiger partial charge in [-0.25, -0.2) is 18.6 Å². The van der Waals surface area contributed by atoms with E-state index in [4.69, 9.17) is 9.52 Å². The molecule has 0 aromatic heterocycles. The summed E-state index contributed by atoms with van der Waals surface area (Å²) in [5.74, 6) is 0.388. The molecule has 5 rings (SSSR count). The highest BCUT2D eigenvalue weighted by Gasteiger charge is 2.57. The fourth-order valence-corrected chi connectivity index (χ4v) is 6.22.